The number of amides is 1. The Morgan fingerprint density at radius 3 is 2.52 bits per heavy atom. The highest BCUT2D eigenvalue weighted by molar-refractivity contribution is 7.89. The number of hydrogen-bond donors (Lipinski definition) is 1. The fraction of sp³-hybridized carbons (Fsp3) is 0.350. The molecule has 0 aromatic heterocycles. The Morgan fingerprint density at radius 2 is 1.87 bits per heavy atom. The average molecular weight is 458 g/mol. The normalized spacial score (nSPS) is 15.5. The minimum absolute atomic E-state index is 0.0413. The van der Waals surface area contributed by atoms with Crippen molar-refractivity contribution < 1.29 is 35.9 Å². The summed E-state index contributed by atoms with van der Waals surface area (Å²) >= 11 is 0. The second kappa shape index (κ2) is 9.25. The fourth-order valence-corrected chi connectivity index (χ4v) is 4.68. The zero-order chi connectivity index (χ0) is 22.6. The van der Waals surface area contributed by atoms with Crippen LogP contribution in [0.2, 0.25) is 0 Å². The molecular weight excluding hydrogens is 437 g/mol. The maximum atomic E-state index is 13.0. The number of morpholine rings is 1. The van der Waals surface area contributed by atoms with Crippen LogP contribution in [0.4, 0.5) is 13.2 Å². The van der Waals surface area contributed by atoms with Crippen molar-refractivity contribution in [1.29, 1.82) is 0 Å². The summed E-state index contributed by atoms with van der Waals surface area (Å²) in [6.45, 7) is 0.729. The van der Waals surface area contributed by atoms with Crippen molar-refractivity contribution in [1.82, 2.24) is 9.62 Å². The topological polar surface area (TPSA) is 84.9 Å². The van der Waals surface area contributed by atoms with E-state index in [1.165, 1.54) is 41.7 Å². The van der Waals surface area contributed by atoms with Crippen LogP contribution < -0.4 is 10.1 Å². The minimum Gasteiger partial charge on any atom is -0.495 e. The molecule has 2 aromatic rings. The molecule has 0 saturated carbocycles. The van der Waals surface area contributed by atoms with Gasteiger partial charge in [-0.2, -0.15) is 17.5 Å². The van der Waals surface area contributed by atoms with E-state index in [-0.39, 0.29) is 54.6 Å². The number of rotatable bonds is 6. The third-order valence-electron chi connectivity index (χ3n) is 4.72. The maximum Gasteiger partial charge on any atom is 0.416 e. The van der Waals surface area contributed by atoms with E-state index in [0.717, 1.165) is 12.1 Å². The molecule has 1 N–H and O–H groups in total. The molecule has 1 aliphatic heterocycles. The molecule has 3 rings (SSSR count). The van der Waals surface area contributed by atoms with Gasteiger partial charge in [0.15, 0.2) is 0 Å². The lowest BCUT2D eigenvalue weighted by Gasteiger charge is -2.26. The van der Waals surface area contributed by atoms with Gasteiger partial charge in [0, 0.05) is 25.2 Å². The molecule has 168 valence electrons. The average Bonchev–Trinajstić information content (AvgIpc) is 2.77. The van der Waals surface area contributed by atoms with E-state index in [1.807, 2.05) is 0 Å². The summed E-state index contributed by atoms with van der Waals surface area (Å²) in [5.74, 6) is -0.542. The first-order valence-corrected chi connectivity index (χ1v) is 10.8. The van der Waals surface area contributed by atoms with Gasteiger partial charge in [-0.15, -0.1) is 0 Å². The molecule has 31 heavy (non-hydrogen) atoms. The van der Waals surface area contributed by atoms with Gasteiger partial charge in [-0.05, 0) is 35.9 Å². The summed E-state index contributed by atoms with van der Waals surface area (Å²) < 4.78 is 76.1. The van der Waals surface area contributed by atoms with Gasteiger partial charge in [-0.1, -0.05) is 12.1 Å². The monoisotopic (exact) mass is 458 g/mol. The van der Waals surface area contributed by atoms with Gasteiger partial charge < -0.3 is 14.8 Å². The van der Waals surface area contributed by atoms with Crippen molar-refractivity contribution in [2.75, 3.05) is 33.4 Å². The van der Waals surface area contributed by atoms with E-state index < -0.39 is 27.7 Å². The first-order valence-electron chi connectivity index (χ1n) is 9.33. The summed E-state index contributed by atoms with van der Waals surface area (Å²) in [7, 11) is -2.61. The first-order chi connectivity index (χ1) is 14.6. The molecule has 0 unspecified atom stereocenters. The number of sulfonamides is 1. The van der Waals surface area contributed by atoms with Gasteiger partial charge in [0.2, 0.25) is 10.0 Å². The van der Waals surface area contributed by atoms with Crippen molar-refractivity contribution >= 4 is 15.9 Å². The maximum absolute atomic E-state index is 13.0. The van der Waals surface area contributed by atoms with Gasteiger partial charge in [-0.25, -0.2) is 8.42 Å². The van der Waals surface area contributed by atoms with Crippen molar-refractivity contribution in [3.63, 3.8) is 0 Å². The van der Waals surface area contributed by atoms with Gasteiger partial charge in [0.05, 0.1) is 25.9 Å². The molecule has 7 nitrogen and oxygen atoms in total. The summed E-state index contributed by atoms with van der Waals surface area (Å²) in [6.07, 6.45) is -4.49. The molecule has 0 atom stereocenters. The van der Waals surface area contributed by atoms with E-state index in [4.69, 9.17) is 9.47 Å². The van der Waals surface area contributed by atoms with Crippen LogP contribution in [0, 0.1) is 0 Å². The number of benzene rings is 2. The van der Waals surface area contributed by atoms with E-state index in [9.17, 15) is 26.4 Å². The molecule has 1 aliphatic rings. The second-order valence-corrected chi connectivity index (χ2v) is 8.67. The van der Waals surface area contributed by atoms with Gasteiger partial charge in [0.1, 0.15) is 10.6 Å². The number of alkyl halides is 3. The van der Waals surface area contributed by atoms with E-state index in [1.54, 1.807) is 0 Å². The Bertz CT molecular complexity index is 1050. The number of carbonyl (C=O) groups is 1. The third-order valence-corrected chi connectivity index (χ3v) is 6.64. The highest BCUT2D eigenvalue weighted by atomic mass is 32.2. The van der Waals surface area contributed by atoms with E-state index in [0.29, 0.717) is 0 Å². The minimum atomic E-state index is -4.49. The van der Waals surface area contributed by atoms with Crippen LogP contribution in [0.1, 0.15) is 21.5 Å². The smallest absolute Gasteiger partial charge is 0.416 e. The van der Waals surface area contributed by atoms with E-state index in [2.05, 4.69) is 5.32 Å². The summed E-state index contributed by atoms with van der Waals surface area (Å²) in [5, 5.41) is 2.51. The molecular formula is C20H21F3N2O5S. The van der Waals surface area contributed by atoms with Crippen molar-refractivity contribution in [3.05, 3.63) is 59.2 Å². The molecule has 0 bridgehead atoms. The summed E-state index contributed by atoms with van der Waals surface area (Å²) in [6, 6.07) is 8.55. The molecule has 11 heteroatoms. The first kappa shape index (κ1) is 23.0. The number of hydrogen-bond acceptors (Lipinski definition) is 5. The summed E-state index contributed by atoms with van der Waals surface area (Å²) in [5.41, 5.74) is -0.514. The molecule has 1 saturated heterocycles. The molecule has 0 aliphatic carbocycles. The van der Waals surface area contributed by atoms with Crippen molar-refractivity contribution in [2.45, 2.75) is 17.6 Å². The Balaban J connectivity index is 1.80. The Hall–Kier alpha value is -2.63. The zero-order valence-electron chi connectivity index (χ0n) is 16.6. The summed E-state index contributed by atoms with van der Waals surface area (Å²) in [4.78, 5) is 12.4. The van der Waals surface area contributed by atoms with Gasteiger partial charge in [0.25, 0.3) is 5.91 Å². The molecule has 2 aromatic carbocycles. The number of carbonyl (C=O) groups excluding carboxylic acids is 1. The predicted octanol–water partition coefficient (Wildman–Crippen LogP) is 2.66. The third kappa shape index (κ3) is 5.35. The lowest BCUT2D eigenvalue weighted by Crippen LogP contribution is -2.40. The lowest BCUT2D eigenvalue weighted by atomic mass is 10.1. The van der Waals surface area contributed by atoms with Gasteiger partial charge >= 0.3 is 6.18 Å². The van der Waals surface area contributed by atoms with Gasteiger partial charge in [-0.3, -0.25) is 4.79 Å². The highest BCUT2D eigenvalue weighted by Crippen LogP contribution is 2.30. The van der Waals surface area contributed by atoms with Crippen LogP contribution in [-0.4, -0.2) is 52.0 Å². The van der Waals surface area contributed by atoms with Crippen molar-refractivity contribution in [2.24, 2.45) is 0 Å². The van der Waals surface area contributed by atoms with Crippen molar-refractivity contribution in [3.8, 4) is 5.75 Å². The lowest BCUT2D eigenvalue weighted by molar-refractivity contribution is -0.137. The molecule has 0 spiro atoms. The quantitative estimate of drug-likeness (QED) is 0.720. The molecule has 1 amide bonds. The van der Waals surface area contributed by atoms with Crippen LogP contribution in [0.25, 0.3) is 0 Å². The fourth-order valence-electron chi connectivity index (χ4n) is 3.09. The number of halogens is 3. The van der Waals surface area contributed by atoms with Crippen LogP contribution in [0.5, 0.6) is 5.75 Å². The standard InChI is InChI=1S/C20H21F3N2O5S/c1-29-17-6-5-15(12-18(17)31(27,28)25-7-9-30-10-8-25)19(26)24-13-14-3-2-4-16(11-14)20(21,22)23/h2-6,11-12H,7-10,13H2,1H3,(H,24,26). The predicted molar refractivity (Wildman–Crippen MR) is 105 cm³/mol. The van der Waals surface area contributed by atoms with Crippen LogP contribution >= 0.6 is 0 Å². The molecule has 1 fully saturated rings. The number of ether oxygens (including phenoxy) is 2. The Labute approximate surface area is 177 Å². The SMILES string of the molecule is COc1ccc(C(=O)NCc2cccc(C(F)(F)F)c2)cc1S(=O)(=O)N1CCOCC1. The Morgan fingerprint density at radius 1 is 1.16 bits per heavy atom. The molecule has 0 radical (unpaired) electrons. The van der Waals surface area contributed by atoms with Crippen LogP contribution in [0.15, 0.2) is 47.4 Å². The van der Waals surface area contributed by atoms with Crippen LogP contribution in [0.3, 0.4) is 0 Å². The number of methoxy groups -OCH3 is 1. The zero-order valence-corrected chi connectivity index (χ0v) is 17.4. The molecule has 1 heterocycles. The number of nitrogens with zero attached hydrogens (tertiary/aromatic N) is 1. The second-order valence-electron chi connectivity index (χ2n) is 6.76. The van der Waals surface area contributed by atoms with Crippen LogP contribution in [-0.2, 0) is 27.5 Å². The number of nitrogens with one attached hydrogen (secondary N) is 1. The Kier molecular flexibility index (Phi) is 6.87. The van der Waals surface area contributed by atoms with E-state index >= 15 is 0 Å². The largest absolute Gasteiger partial charge is 0.495 e. The highest BCUT2D eigenvalue weighted by Gasteiger charge is 2.31.